The van der Waals surface area contributed by atoms with Gasteiger partial charge < -0.3 is 10.5 Å². The number of ether oxygens (including phenoxy) is 1. The Morgan fingerprint density at radius 1 is 1.27 bits per heavy atom. The number of nitrogens with zero attached hydrogens (tertiary/aromatic N) is 3. The van der Waals surface area contributed by atoms with Crippen molar-refractivity contribution in [2.45, 2.75) is 52.6 Å². The van der Waals surface area contributed by atoms with Crippen molar-refractivity contribution < 1.29 is 4.74 Å². The molecule has 120 valence electrons. The quantitative estimate of drug-likeness (QED) is 0.723. The molecule has 2 N–H and O–H groups in total. The van der Waals surface area contributed by atoms with Gasteiger partial charge in [-0.2, -0.15) is 0 Å². The second-order valence-corrected chi connectivity index (χ2v) is 5.53. The van der Waals surface area contributed by atoms with Crippen LogP contribution in [0.5, 0.6) is 5.75 Å². The summed E-state index contributed by atoms with van der Waals surface area (Å²) in [6, 6.07) is 8.12. The summed E-state index contributed by atoms with van der Waals surface area (Å²) in [6.07, 6.45) is 4.20. The van der Waals surface area contributed by atoms with E-state index >= 15 is 0 Å². The molecule has 0 amide bonds. The number of aryl methyl sites for hydroxylation is 2. The SMILES string of the molecule is CCCCc1c(CN)nnn1CCCOc1cccc(C)c1. The molecule has 0 bridgehead atoms. The Kier molecular flexibility index (Phi) is 6.40. The van der Waals surface area contributed by atoms with E-state index in [0.717, 1.165) is 43.7 Å². The first-order chi connectivity index (χ1) is 10.7. The molecule has 0 atom stereocenters. The van der Waals surface area contributed by atoms with Gasteiger partial charge in [0.15, 0.2) is 0 Å². The van der Waals surface area contributed by atoms with Gasteiger partial charge in [0.2, 0.25) is 0 Å². The maximum atomic E-state index is 5.78. The molecule has 0 spiro atoms. The van der Waals surface area contributed by atoms with E-state index in [2.05, 4.69) is 36.3 Å². The first-order valence-corrected chi connectivity index (χ1v) is 8.05. The van der Waals surface area contributed by atoms with Crippen LogP contribution in [-0.4, -0.2) is 21.6 Å². The van der Waals surface area contributed by atoms with Gasteiger partial charge in [0.1, 0.15) is 5.75 Å². The highest BCUT2D eigenvalue weighted by molar-refractivity contribution is 5.27. The summed E-state index contributed by atoms with van der Waals surface area (Å²) in [6.45, 7) is 6.20. The number of nitrogens with two attached hydrogens (primary N) is 1. The van der Waals surface area contributed by atoms with Gasteiger partial charge in [-0.25, -0.2) is 4.68 Å². The molecular formula is C17H26N4O. The number of unbranched alkanes of at least 4 members (excludes halogenated alkanes) is 1. The number of hydrogen-bond acceptors (Lipinski definition) is 4. The maximum Gasteiger partial charge on any atom is 0.119 e. The fourth-order valence-electron chi connectivity index (χ4n) is 2.43. The van der Waals surface area contributed by atoms with Crippen LogP contribution >= 0.6 is 0 Å². The molecule has 0 unspecified atom stereocenters. The van der Waals surface area contributed by atoms with Crippen LogP contribution in [0.15, 0.2) is 24.3 Å². The van der Waals surface area contributed by atoms with E-state index in [-0.39, 0.29) is 0 Å². The second-order valence-electron chi connectivity index (χ2n) is 5.53. The topological polar surface area (TPSA) is 66.0 Å². The Morgan fingerprint density at radius 2 is 2.14 bits per heavy atom. The lowest BCUT2D eigenvalue weighted by Gasteiger charge is -2.09. The van der Waals surface area contributed by atoms with Gasteiger partial charge in [0.05, 0.1) is 18.0 Å². The van der Waals surface area contributed by atoms with Crippen molar-refractivity contribution >= 4 is 0 Å². The van der Waals surface area contributed by atoms with Crippen molar-refractivity contribution in [1.82, 2.24) is 15.0 Å². The highest BCUT2D eigenvalue weighted by Gasteiger charge is 2.10. The average molecular weight is 302 g/mol. The van der Waals surface area contributed by atoms with Crippen LogP contribution in [0.3, 0.4) is 0 Å². The Morgan fingerprint density at radius 3 is 2.86 bits per heavy atom. The van der Waals surface area contributed by atoms with Crippen molar-refractivity contribution in [2.75, 3.05) is 6.61 Å². The van der Waals surface area contributed by atoms with E-state index < -0.39 is 0 Å². The van der Waals surface area contributed by atoms with E-state index in [1.807, 2.05) is 16.8 Å². The normalized spacial score (nSPS) is 10.9. The molecule has 1 aromatic carbocycles. The summed E-state index contributed by atoms with van der Waals surface area (Å²) < 4.78 is 7.76. The third-order valence-corrected chi connectivity index (χ3v) is 3.65. The van der Waals surface area contributed by atoms with Crippen LogP contribution in [-0.2, 0) is 19.5 Å². The maximum absolute atomic E-state index is 5.78. The van der Waals surface area contributed by atoms with Crippen molar-refractivity contribution in [3.05, 3.63) is 41.2 Å². The summed E-state index contributed by atoms with van der Waals surface area (Å²) in [7, 11) is 0. The van der Waals surface area contributed by atoms with Gasteiger partial charge in [-0.1, -0.05) is 30.7 Å². The third kappa shape index (κ3) is 4.56. The zero-order valence-corrected chi connectivity index (χ0v) is 13.6. The zero-order chi connectivity index (χ0) is 15.8. The molecule has 0 aliphatic carbocycles. The average Bonchev–Trinajstić information content (AvgIpc) is 2.91. The van der Waals surface area contributed by atoms with Gasteiger partial charge in [0.25, 0.3) is 0 Å². The number of rotatable bonds is 9. The van der Waals surface area contributed by atoms with E-state index in [9.17, 15) is 0 Å². The summed E-state index contributed by atoms with van der Waals surface area (Å²) in [5, 5.41) is 8.41. The van der Waals surface area contributed by atoms with Crippen molar-refractivity contribution in [2.24, 2.45) is 5.73 Å². The van der Waals surface area contributed by atoms with Crippen LogP contribution in [0.2, 0.25) is 0 Å². The zero-order valence-electron chi connectivity index (χ0n) is 13.6. The third-order valence-electron chi connectivity index (χ3n) is 3.65. The molecule has 0 fully saturated rings. The first-order valence-electron chi connectivity index (χ1n) is 8.05. The van der Waals surface area contributed by atoms with Gasteiger partial charge in [-0.05, 0) is 37.5 Å². The minimum Gasteiger partial charge on any atom is -0.494 e. The highest BCUT2D eigenvalue weighted by Crippen LogP contribution is 2.13. The molecule has 1 heterocycles. The van der Waals surface area contributed by atoms with Crippen LogP contribution in [0.25, 0.3) is 0 Å². The summed E-state index contributed by atoms with van der Waals surface area (Å²) in [4.78, 5) is 0. The predicted octanol–water partition coefficient (Wildman–Crippen LogP) is 2.86. The van der Waals surface area contributed by atoms with E-state index in [1.54, 1.807) is 0 Å². The number of benzene rings is 1. The monoisotopic (exact) mass is 302 g/mol. The fraction of sp³-hybridized carbons (Fsp3) is 0.529. The Balaban J connectivity index is 1.84. The molecule has 22 heavy (non-hydrogen) atoms. The van der Waals surface area contributed by atoms with E-state index in [4.69, 9.17) is 10.5 Å². The molecule has 2 aromatic rings. The molecule has 1 aromatic heterocycles. The molecule has 0 saturated carbocycles. The second kappa shape index (κ2) is 8.54. The molecule has 5 nitrogen and oxygen atoms in total. The molecule has 0 radical (unpaired) electrons. The predicted molar refractivity (Wildman–Crippen MR) is 87.8 cm³/mol. The lowest BCUT2D eigenvalue weighted by Crippen LogP contribution is -2.10. The smallest absolute Gasteiger partial charge is 0.119 e. The van der Waals surface area contributed by atoms with Crippen molar-refractivity contribution in [1.29, 1.82) is 0 Å². The Bertz CT molecular complexity index is 580. The number of aromatic nitrogens is 3. The fourth-order valence-corrected chi connectivity index (χ4v) is 2.43. The van der Waals surface area contributed by atoms with Crippen LogP contribution < -0.4 is 10.5 Å². The summed E-state index contributed by atoms with van der Waals surface area (Å²) in [5.74, 6) is 0.924. The minimum absolute atomic E-state index is 0.457. The molecular weight excluding hydrogens is 276 g/mol. The van der Waals surface area contributed by atoms with Crippen LogP contribution in [0, 0.1) is 6.92 Å². The lowest BCUT2D eigenvalue weighted by molar-refractivity contribution is 0.296. The van der Waals surface area contributed by atoms with E-state index in [1.165, 1.54) is 11.3 Å². The Labute approximate surface area is 132 Å². The lowest BCUT2D eigenvalue weighted by atomic mass is 10.1. The van der Waals surface area contributed by atoms with Crippen molar-refractivity contribution in [3.8, 4) is 5.75 Å². The summed E-state index contributed by atoms with van der Waals surface area (Å²) in [5.41, 5.74) is 9.06. The molecule has 0 saturated heterocycles. The minimum atomic E-state index is 0.457. The van der Waals surface area contributed by atoms with Crippen LogP contribution in [0.4, 0.5) is 0 Å². The Hall–Kier alpha value is -1.88. The molecule has 5 heteroatoms. The van der Waals surface area contributed by atoms with Crippen molar-refractivity contribution in [3.63, 3.8) is 0 Å². The molecule has 0 aliphatic rings. The van der Waals surface area contributed by atoms with Gasteiger partial charge >= 0.3 is 0 Å². The highest BCUT2D eigenvalue weighted by atomic mass is 16.5. The number of hydrogen-bond donors (Lipinski definition) is 1. The van der Waals surface area contributed by atoms with Crippen LogP contribution in [0.1, 0.15) is 43.1 Å². The van der Waals surface area contributed by atoms with Gasteiger partial charge in [-0.15, -0.1) is 5.10 Å². The standard InChI is InChI=1S/C17H26N4O/c1-3-4-9-17-16(13-18)19-20-21(17)10-6-11-22-15-8-5-7-14(2)12-15/h5,7-8,12H,3-4,6,9-11,13,18H2,1-2H3. The first kappa shape index (κ1) is 16.5. The van der Waals surface area contributed by atoms with Gasteiger partial charge in [0, 0.05) is 19.5 Å². The molecule has 2 rings (SSSR count). The van der Waals surface area contributed by atoms with Gasteiger partial charge in [-0.3, -0.25) is 0 Å². The summed E-state index contributed by atoms with van der Waals surface area (Å²) >= 11 is 0. The largest absolute Gasteiger partial charge is 0.494 e. The van der Waals surface area contributed by atoms with E-state index in [0.29, 0.717) is 13.2 Å². The molecule has 0 aliphatic heterocycles.